The highest BCUT2D eigenvalue weighted by Crippen LogP contribution is 2.19. The number of hydrogen-bond donors (Lipinski definition) is 1. The molecule has 17 heavy (non-hydrogen) atoms. The summed E-state index contributed by atoms with van der Waals surface area (Å²) >= 11 is 0. The van der Waals surface area contributed by atoms with E-state index >= 15 is 0 Å². The van der Waals surface area contributed by atoms with Crippen molar-refractivity contribution in [1.29, 1.82) is 0 Å². The van der Waals surface area contributed by atoms with Crippen molar-refractivity contribution in [3.05, 3.63) is 45.8 Å². The van der Waals surface area contributed by atoms with Gasteiger partial charge in [-0.05, 0) is 31.5 Å². The van der Waals surface area contributed by atoms with Gasteiger partial charge >= 0.3 is 5.97 Å². The molecule has 1 heterocycles. The van der Waals surface area contributed by atoms with Crippen molar-refractivity contribution in [1.82, 2.24) is 0 Å². The Kier molecular flexibility index (Phi) is 2.71. The standard InChI is InChI=1S/C13H12O4/c1-7-3-4-9-10(14)6-11(8(2)13(15)16)17-12(9)5-7/h3-6,8H,1-2H3,(H,15,16). The molecule has 0 radical (unpaired) electrons. The Morgan fingerprint density at radius 3 is 2.71 bits per heavy atom. The molecule has 0 aliphatic heterocycles. The van der Waals surface area contributed by atoms with Gasteiger partial charge in [0.05, 0.1) is 5.39 Å². The first-order valence-corrected chi connectivity index (χ1v) is 5.26. The summed E-state index contributed by atoms with van der Waals surface area (Å²) in [5.74, 6) is -1.66. The fraction of sp³-hybridized carbons (Fsp3) is 0.231. The highest BCUT2D eigenvalue weighted by molar-refractivity contribution is 5.79. The van der Waals surface area contributed by atoms with Crippen molar-refractivity contribution >= 4 is 16.9 Å². The fourth-order valence-corrected chi connectivity index (χ4v) is 1.62. The Morgan fingerprint density at radius 2 is 2.06 bits per heavy atom. The second-order valence-electron chi connectivity index (χ2n) is 4.07. The summed E-state index contributed by atoms with van der Waals surface area (Å²) < 4.78 is 5.47. The number of hydrogen-bond acceptors (Lipinski definition) is 3. The second kappa shape index (κ2) is 4.05. The van der Waals surface area contributed by atoms with E-state index in [0.29, 0.717) is 11.0 Å². The average molecular weight is 232 g/mol. The van der Waals surface area contributed by atoms with Crippen LogP contribution in [0.15, 0.2) is 33.5 Å². The van der Waals surface area contributed by atoms with Crippen LogP contribution in [0.2, 0.25) is 0 Å². The maximum Gasteiger partial charge on any atom is 0.313 e. The lowest BCUT2D eigenvalue weighted by Crippen LogP contribution is -2.11. The third-order valence-corrected chi connectivity index (χ3v) is 2.70. The molecular weight excluding hydrogens is 220 g/mol. The van der Waals surface area contributed by atoms with Gasteiger partial charge in [0.2, 0.25) is 0 Å². The average Bonchev–Trinajstić information content (AvgIpc) is 2.27. The van der Waals surface area contributed by atoms with Crippen molar-refractivity contribution < 1.29 is 14.3 Å². The summed E-state index contributed by atoms with van der Waals surface area (Å²) in [6.07, 6.45) is 0. The zero-order valence-electron chi connectivity index (χ0n) is 9.56. The largest absolute Gasteiger partial charge is 0.481 e. The predicted molar refractivity (Wildman–Crippen MR) is 63.3 cm³/mol. The summed E-state index contributed by atoms with van der Waals surface area (Å²) in [6.45, 7) is 3.37. The molecule has 1 unspecified atom stereocenters. The third kappa shape index (κ3) is 2.06. The number of carboxylic acids is 1. The molecule has 1 aromatic heterocycles. The van der Waals surface area contributed by atoms with E-state index in [1.54, 1.807) is 12.1 Å². The van der Waals surface area contributed by atoms with Crippen molar-refractivity contribution in [3.63, 3.8) is 0 Å². The minimum absolute atomic E-state index is 0.181. The van der Waals surface area contributed by atoms with E-state index in [-0.39, 0.29) is 11.2 Å². The third-order valence-electron chi connectivity index (χ3n) is 2.70. The molecule has 0 fully saturated rings. The molecule has 2 rings (SSSR count). The summed E-state index contributed by atoms with van der Waals surface area (Å²) in [5.41, 5.74) is 1.18. The van der Waals surface area contributed by atoms with Crippen LogP contribution in [-0.4, -0.2) is 11.1 Å². The van der Waals surface area contributed by atoms with Crippen molar-refractivity contribution in [2.24, 2.45) is 0 Å². The summed E-state index contributed by atoms with van der Waals surface area (Å²) in [6, 6.07) is 6.48. The van der Waals surface area contributed by atoms with Gasteiger partial charge in [-0.15, -0.1) is 0 Å². The molecule has 0 aliphatic carbocycles. The smallest absolute Gasteiger partial charge is 0.313 e. The number of aryl methyl sites for hydroxylation is 1. The molecule has 1 atom stereocenters. The molecule has 0 aliphatic rings. The highest BCUT2D eigenvalue weighted by atomic mass is 16.4. The highest BCUT2D eigenvalue weighted by Gasteiger charge is 2.18. The van der Waals surface area contributed by atoms with Gasteiger partial charge in [-0.3, -0.25) is 9.59 Å². The Morgan fingerprint density at radius 1 is 1.35 bits per heavy atom. The summed E-state index contributed by atoms with van der Waals surface area (Å²) in [7, 11) is 0. The molecular formula is C13H12O4. The summed E-state index contributed by atoms with van der Waals surface area (Å²) in [5, 5.41) is 9.36. The first-order valence-electron chi connectivity index (χ1n) is 5.26. The van der Waals surface area contributed by atoms with Gasteiger partial charge in [0.1, 0.15) is 17.3 Å². The Bertz CT molecular complexity index is 639. The van der Waals surface area contributed by atoms with Gasteiger partial charge in [-0.25, -0.2) is 0 Å². The maximum atomic E-state index is 11.8. The Balaban J connectivity index is 2.70. The molecule has 0 saturated carbocycles. The molecule has 1 aromatic carbocycles. The molecule has 2 aromatic rings. The predicted octanol–water partition coefficient (Wildman–Crippen LogP) is 2.29. The first-order chi connectivity index (χ1) is 7.99. The van der Waals surface area contributed by atoms with Crippen LogP contribution in [0.4, 0.5) is 0 Å². The quantitative estimate of drug-likeness (QED) is 0.862. The first kappa shape index (κ1) is 11.4. The van der Waals surface area contributed by atoms with E-state index in [4.69, 9.17) is 9.52 Å². The van der Waals surface area contributed by atoms with E-state index in [1.165, 1.54) is 13.0 Å². The van der Waals surface area contributed by atoms with E-state index in [2.05, 4.69) is 0 Å². The van der Waals surface area contributed by atoms with Crippen LogP contribution in [-0.2, 0) is 4.79 Å². The lowest BCUT2D eigenvalue weighted by molar-refractivity contribution is -0.138. The molecule has 4 nitrogen and oxygen atoms in total. The minimum Gasteiger partial charge on any atom is -0.481 e. The monoisotopic (exact) mass is 232 g/mol. The zero-order valence-corrected chi connectivity index (χ0v) is 9.56. The van der Waals surface area contributed by atoms with E-state index in [0.717, 1.165) is 5.56 Å². The number of carboxylic acid groups (broad SMARTS) is 1. The Hall–Kier alpha value is -2.10. The SMILES string of the molecule is Cc1ccc2c(=O)cc(C(C)C(=O)O)oc2c1. The number of rotatable bonds is 2. The van der Waals surface area contributed by atoms with Gasteiger partial charge in [-0.1, -0.05) is 6.07 Å². The van der Waals surface area contributed by atoms with Crippen LogP contribution in [0.25, 0.3) is 11.0 Å². The molecule has 88 valence electrons. The molecule has 0 bridgehead atoms. The van der Waals surface area contributed by atoms with Gasteiger partial charge in [-0.2, -0.15) is 0 Å². The van der Waals surface area contributed by atoms with E-state index in [1.807, 2.05) is 13.0 Å². The van der Waals surface area contributed by atoms with Crippen LogP contribution in [0.3, 0.4) is 0 Å². The van der Waals surface area contributed by atoms with Crippen LogP contribution in [0.1, 0.15) is 24.2 Å². The molecule has 1 N–H and O–H groups in total. The van der Waals surface area contributed by atoms with E-state index < -0.39 is 11.9 Å². The van der Waals surface area contributed by atoms with Crippen LogP contribution < -0.4 is 5.43 Å². The van der Waals surface area contributed by atoms with Crippen LogP contribution in [0, 0.1) is 6.92 Å². The number of carbonyl (C=O) groups is 1. The fourth-order valence-electron chi connectivity index (χ4n) is 1.62. The van der Waals surface area contributed by atoms with Crippen molar-refractivity contribution in [3.8, 4) is 0 Å². The maximum absolute atomic E-state index is 11.8. The normalized spacial score (nSPS) is 12.6. The molecule has 4 heteroatoms. The zero-order chi connectivity index (χ0) is 12.6. The molecule has 0 saturated heterocycles. The Labute approximate surface area is 97.5 Å². The molecule has 0 amide bonds. The lowest BCUT2D eigenvalue weighted by Gasteiger charge is -2.06. The molecule has 0 spiro atoms. The topological polar surface area (TPSA) is 67.5 Å². The number of benzene rings is 1. The van der Waals surface area contributed by atoms with Crippen LogP contribution >= 0.6 is 0 Å². The van der Waals surface area contributed by atoms with Gasteiger partial charge < -0.3 is 9.52 Å². The second-order valence-corrected chi connectivity index (χ2v) is 4.07. The van der Waals surface area contributed by atoms with Crippen LogP contribution in [0.5, 0.6) is 0 Å². The number of aliphatic carboxylic acids is 1. The number of fused-ring (bicyclic) bond motifs is 1. The van der Waals surface area contributed by atoms with Crippen molar-refractivity contribution in [2.75, 3.05) is 0 Å². The summed E-state index contributed by atoms with van der Waals surface area (Å²) in [4.78, 5) is 22.6. The van der Waals surface area contributed by atoms with Gasteiger partial charge in [0.25, 0.3) is 0 Å². The lowest BCUT2D eigenvalue weighted by atomic mass is 10.1. The van der Waals surface area contributed by atoms with E-state index in [9.17, 15) is 9.59 Å². The van der Waals surface area contributed by atoms with Crippen molar-refractivity contribution in [2.45, 2.75) is 19.8 Å². The minimum atomic E-state index is -1.01. The van der Waals surface area contributed by atoms with Gasteiger partial charge in [0, 0.05) is 6.07 Å². The van der Waals surface area contributed by atoms with Gasteiger partial charge in [0.15, 0.2) is 5.43 Å².